The number of carbonyl (C=O) groups is 2. The molecular weight excluding hydrogens is 258 g/mol. The molecule has 0 fully saturated rings. The average Bonchev–Trinajstić information content (AvgIpc) is 2.41. The van der Waals surface area contributed by atoms with Gasteiger partial charge in [0.1, 0.15) is 5.75 Å². The van der Waals surface area contributed by atoms with Gasteiger partial charge >= 0.3 is 0 Å². The van der Waals surface area contributed by atoms with Crippen LogP contribution in [0.1, 0.15) is 18.4 Å². The zero-order valence-corrected chi connectivity index (χ0v) is 11.1. The van der Waals surface area contributed by atoms with Crippen molar-refractivity contribution in [2.45, 2.75) is 19.8 Å². The number of amides is 1. The van der Waals surface area contributed by atoms with E-state index >= 15 is 0 Å². The van der Waals surface area contributed by atoms with E-state index in [9.17, 15) is 19.8 Å². The maximum absolute atomic E-state index is 12.2. The highest BCUT2D eigenvalue weighted by molar-refractivity contribution is 5.96. The molecule has 0 spiro atoms. The van der Waals surface area contributed by atoms with Gasteiger partial charge in [-0.3, -0.25) is 4.79 Å². The minimum absolute atomic E-state index is 0.0327. The van der Waals surface area contributed by atoms with Gasteiger partial charge in [0.2, 0.25) is 5.91 Å². The molecule has 1 aliphatic carbocycles. The Labute approximate surface area is 116 Å². The first-order valence-corrected chi connectivity index (χ1v) is 6.45. The highest BCUT2D eigenvalue weighted by atomic mass is 16.4. The quantitative estimate of drug-likeness (QED) is 0.635. The SMILES string of the molecule is Cc1ccc(NC(=O)[C@@H]2CC=CC[C@@H]2C(=O)[O-])c(O)c1. The summed E-state index contributed by atoms with van der Waals surface area (Å²) >= 11 is 0. The zero-order chi connectivity index (χ0) is 14.7. The lowest BCUT2D eigenvalue weighted by Gasteiger charge is -2.28. The van der Waals surface area contributed by atoms with Crippen LogP contribution in [0.15, 0.2) is 30.4 Å². The van der Waals surface area contributed by atoms with Crippen molar-refractivity contribution in [2.75, 3.05) is 5.32 Å². The summed E-state index contributed by atoms with van der Waals surface area (Å²) in [4.78, 5) is 23.2. The minimum atomic E-state index is -1.22. The number of aromatic hydroxyl groups is 1. The van der Waals surface area contributed by atoms with Crippen LogP contribution >= 0.6 is 0 Å². The number of phenolic OH excluding ortho intramolecular Hbond substituents is 1. The molecule has 0 saturated heterocycles. The molecule has 0 radical (unpaired) electrons. The summed E-state index contributed by atoms with van der Waals surface area (Å²) in [6.45, 7) is 1.82. The minimum Gasteiger partial charge on any atom is -0.550 e. The fraction of sp³-hybridized carbons (Fsp3) is 0.333. The number of anilines is 1. The molecule has 0 bridgehead atoms. The van der Waals surface area contributed by atoms with Gasteiger partial charge in [0.25, 0.3) is 0 Å². The Morgan fingerprint density at radius 3 is 2.50 bits per heavy atom. The van der Waals surface area contributed by atoms with Crippen LogP contribution < -0.4 is 10.4 Å². The predicted molar refractivity (Wildman–Crippen MR) is 71.8 cm³/mol. The average molecular weight is 274 g/mol. The predicted octanol–water partition coefficient (Wildman–Crippen LogP) is 0.971. The normalized spacial score (nSPS) is 21.4. The van der Waals surface area contributed by atoms with Gasteiger partial charge in [0, 0.05) is 11.9 Å². The van der Waals surface area contributed by atoms with E-state index in [1.165, 1.54) is 6.07 Å². The van der Waals surface area contributed by atoms with Crippen LogP contribution in [-0.2, 0) is 9.59 Å². The number of nitrogens with one attached hydrogen (secondary N) is 1. The van der Waals surface area contributed by atoms with Gasteiger partial charge in [-0.25, -0.2) is 0 Å². The summed E-state index contributed by atoms with van der Waals surface area (Å²) in [6, 6.07) is 4.88. The van der Waals surface area contributed by atoms with Gasteiger partial charge in [-0.05, 0) is 37.5 Å². The maximum Gasteiger partial charge on any atom is 0.228 e. The summed E-state index contributed by atoms with van der Waals surface area (Å²) in [5, 5.41) is 23.4. The van der Waals surface area contributed by atoms with E-state index in [0.717, 1.165) is 5.56 Å². The van der Waals surface area contributed by atoms with Crippen molar-refractivity contribution in [2.24, 2.45) is 11.8 Å². The number of phenols is 1. The van der Waals surface area contributed by atoms with Crippen LogP contribution in [0.2, 0.25) is 0 Å². The molecule has 0 aliphatic heterocycles. The number of carbonyl (C=O) groups excluding carboxylic acids is 2. The summed E-state index contributed by atoms with van der Waals surface area (Å²) in [7, 11) is 0. The van der Waals surface area contributed by atoms with Crippen molar-refractivity contribution in [1.29, 1.82) is 0 Å². The lowest BCUT2D eigenvalue weighted by atomic mass is 9.82. The Kier molecular flexibility index (Phi) is 4.08. The molecule has 0 aromatic heterocycles. The molecule has 2 atom stereocenters. The largest absolute Gasteiger partial charge is 0.550 e. The van der Waals surface area contributed by atoms with Crippen LogP contribution in [0.4, 0.5) is 5.69 Å². The number of carboxylic acids is 1. The van der Waals surface area contributed by atoms with Gasteiger partial charge in [-0.15, -0.1) is 0 Å². The van der Waals surface area contributed by atoms with Crippen molar-refractivity contribution in [1.82, 2.24) is 0 Å². The third kappa shape index (κ3) is 2.99. The number of rotatable bonds is 3. The topological polar surface area (TPSA) is 89.5 Å². The molecule has 1 aromatic carbocycles. The summed E-state index contributed by atoms with van der Waals surface area (Å²) < 4.78 is 0. The Morgan fingerprint density at radius 2 is 1.90 bits per heavy atom. The molecule has 5 nitrogen and oxygen atoms in total. The smallest absolute Gasteiger partial charge is 0.228 e. The van der Waals surface area contributed by atoms with Crippen LogP contribution in [0.25, 0.3) is 0 Å². The summed E-state index contributed by atoms with van der Waals surface area (Å²) in [6.07, 6.45) is 4.18. The second-order valence-electron chi connectivity index (χ2n) is 4.98. The van der Waals surface area contributed by atoms with Crippen LogP contribution in [0.5, 0.6) is 5.75 Å². The number of allylic oxidation sites excluding steroid dienone is 2. The van der Waals surface area contributed by atoms with E-state index < -0.39 is 23.7 Å². The monoisotopic (exact) mass is 274 g/mol. The maximum atomic E-state index is 12.2. The van der Waals surface area contributed by atoms with Crippen LogP contribution in [-0.4, -0.2) is 17.0 Å². The van der Waals surface area contributed by atoms with E-state index in [0.29, 0.717) is 12.8 Å². The first-order valence-electron chi connectivity index (χ1n) is 6.45. The number of carboxylic acid groups (broad SMARTS) is 1. The first-order chi connectivity index (χ1) is 9.49. The third-order valence-corrected chi connectivity index (χ3v) is 3.48. The number of benzene rings is 1. The molecule has 1 aromatic rings. The van der Waals surface area contributed by atoms with Crippen molar-refractivity contribution < 1.29 is 19.8 Å². The van der Waals surface area contributed by atoms with E-state index in [1.807, 2.05) is 6.92 Å². The van der Waals surface area contributed by atoms with E-state index in [1.54, 1.807) is 24.3 Å². The van der Waals surface area contributed by atoms with Gasteiger partial charge in [0.15, 0.2) is 0 Å². The van der Waals surface area contributed by atoms with Crippen molar-refractivity contribution in [3.05, 3.63) is 35.9 Å². The first kappa shape index (κ1) is 14.1. The van der Waals surface area contributed by atoms with Crippen molar-refractivity contribution >= 4 is 17.6 Å². The number of aliphatic carboxylic acids is 1. The van der Waals surface area contributed by atoms with Crippen molar-refractivity contribution in [3.8, 4) is 5.75 Å². The van der Waals surface area contributed by atoms with Gasteiger partial charge in [0.05, 0.1) is 11.6 Å². The lowest BCUT2D eigenvalue weighted by molar-refractivity contribution is -0.313. The van der Waals surface area contributed by atoms with Crippen LogP contribution in [0, 0.1) is 18.8 Å². The Bertz CT molecular complexity index is 565. The number of aryl methyl sites for hydroxylation is 1. The van der Waals surface area contributed by atoms with Gasteiger partial charge < -0.3 is 20.3 Å². The number of hydrogen-bond donors (Lipinski definition) is 2. The molecule has 2 rings (SSSR count). The van der Waals surface area contributed by atoms with Gasteiger partial charge in [-0.2, -0.15) is 0 Å². The van der Waals surface area contributed by atoms with Gasteiger partial charge in [-0.1, -0.05) is 18.2 Å². The lowest BCUT2D eigenvalue weighted by Crippen LogP contribution is -2.41. The third-order valence-electron chi connectivity index (χ3n) is 3.48. The molecule has 5 heteroatoms. The Hall–Kier alpha value is -2.30. The van der Waals surface area contributed by atoms with E-state index in [4.69, 9.17) is 0 Å². The fourth-order valence-electron chi connectivity index (χ4n) is 2.34. The molecule has 20 heavy (non-hydrogen) atoms. The van der Waals surface area contributed by atoms with Crippen LogP contribution in [0.3, 0.4) is 0 Å². The highest BCUT2D eigenvalue weighted by Crippen LogP contribution is 2.29. The molecule has 0 saturated carbocycles. The molecule has 2 N–H and O–H groups in total. The molecule has 1 aliphatic rings. The molecule has 1 amide bonds. The Morgan fingerprint density at radius 1 is 1.25 bits per heavy atom. The molecule has 0 unspecified atom stereocenters. The molecule has 0 heterocycles. The Balaban J connectivity index is 2.14. The fourth-order valence-corrected chi connectivity index (χ4v) is 2.34. The number of hydrogen-bond acceptors (Lipinski definition) is 4. The van der Waals surface area contributed by atoms with E-state index in [-0.39, 0.29) is 11.4 Å². The zero-order valence-electron chi connectivity index (χ0n) is 11.1. The highest BCUT2D eigenvalue weighted by Gasteiger charge is 2.30. The summed E-state index contributed by atoms with van der Waals surface area (Å²) in [5.41, 5.74) is 1.15. The molecule has 106 valence electrons. The van der Waals surface area contributed by atoms with Crippen molar-refractivity contribution in [3.63, 3.8) is 0 Å². The standard InChI is InChI=1S/C15H17NO4/c1-9-6-7-12(13(17)8-9)16-14(18)10-4-2-3-5-11(10)15(19)20/h2-3,6-8,10-11,17H,4-5H2,1H3,(H,16,18)(H,19,20)/p-1/t10-,11+/m1/s1. The second kappa shape index (κ2) is 5.77. The second-order valence-corrected chi connectivity index (χ2v) is 4.98. The molecular formula is C15H16NO4-. The summed E-state index contributed by atoms with van der Waals surface area (Å²) in [5.74, 6) is -3.17. The van der Waals surface area contributed by atoms with E-state index in [2.05, 4.69) is 5.32 Å².